The summed E-state index contributed by atoms with van der Waals surface area (Å²) in [4.78, 5) is 9.65. The van der Waals surface area contributed by atoms with Crippen LogP contribution in [-0.2, 0) is 4.79 Å². The summed E-state index contributed by atoms with van der Waals surface area (Å²) in [5, 5.41) is 7.94. The maximum Gasteiger partial charge on any atom is 0.327 e. The molecule has 1 radical (unpaired) electrons. The van der Waals surface area contributed by atoms with Gasteiger partial charge in [-0.1, -0.05) is 13.0 Å². The summed E-state index contributed by atoms with van der Waals surface area (Å²) < 4.78 is 0. The van der Waals surface area contributed by atoms with Crippen LogP contribution in [0.25, 0.3) is 0 Å². The van der Waals surface area contributed by atoms with Crippen LogP contribution < -0.4 is 0 Å². The topological polar surface area (TPSA) is 37.3 Å². The molecule has 0 rings (SSSR count). The van der Waals surface area contributed by atoms with Gasteiger partial charge in [0.1, 0.15) is 0 Å². The molecule has 0 unspecified atom stereocenters. The van der Waals surface area contributed by atoms with Gasteiger partial charge in [-0.05, 0) is 6.42 Å². The summed E-state index contributed by atoms with van der Waals surface area (Å²) in [6, 6.07) is 0. The fraction of sp³-hybridized carbons (Fsp3) is 0.200. The molecule has 0 heterocycles. The molecule has 1 N–H and O–H groups in total. The molecule has 0 aliphatic carbocycles. The molecular weight excluding hydrogens is 92.1 g/mol. The number of carbonyl (C=O) groups is 1. The van der Waals surface area contributed by atoms with E-state index in [1.807, 2.05) is 0 Å². The summed E-state index contributed by atoms with van der Waals surface area (Å²) in [7, 11) is 0. The van der Waals surface area contributed by atoms with Crippen LogP contribution in [0.3, 0.4) is 0 Å². The monoisotopic (exact) mass is 99.0 g/mol. The molecule has 0 saturated heterocycles. The highest BCUT2D eigenvalue weighted by molar-refractivity contribution is 5.79. The average molecular weight is 99.1 g/mol. The average Bonchev–Trinajstić information content (AvgIpc) is 1.61. The van der Waals surface area contributed by atoms with Crippen LogP contribution in [0, 0.1) is 6.42 Å². The van der Waals surface area contributed by atoms with E-state index in [4.69, 9.17) is 5.11 Å². The first kappa shape index (κ1) is 6.21. The van der Waals surface area contributed by atoms with E-state index < -0.39 is 5.97 Å². The van der Waals surface area contributed by atoms with Crippen molar-refractivity contribution in [2.24, 2.45) is 0 Å². The van der Waals surface area contributed by atoms with Gasteiger partial charge < -0.3 is 5.11 Å². The Morgan fingerprint density at radius 2 is 2.29 bits per heavy atom. The first-order valence-electron chi connectivity index (χ1n) is 1.96. The van der Waals surface area contributed by atoms with Crippen molar-refractivity contribution < 1.29 is 9.90 Å². The third kappa shape index (κ3) is 5.21. The predicted molar refractivity (Wildman–Crippen MR) is 26.7 cm³/mol. The van der Waals surface area contributed by atoms with E-state index in [1.165, 1.54) is 6.08 Å². The van der Waals surface area contributed by atoms with Crippen LogP contribution in [0.2, 0.25) is 0 Å². The van der Waals surface area contributed by atoms with Gasteiger partial charge in [0.15, 0.2) is 0 Å². The van der Waals surface area contributed by atoms with Gasteiger partial charge in [0.25, 0.3) is 0 Å². The summed E-state index contributed by atoms with van der Waals surface area (Å²) in [6.07, 6.45) is 4.22. The maximum atomic E-state index is 9.65. The largest absolute Gasteiger partial charge is 0.478 e. The molecule has 0 aliphatic rings. The van der Waals surface area contributed by atoms with Crippen LogP contribution >= 0.6 is 0 Å². The van der Waals surface area contributed by atoms with Gasteiger partial charge in [0.2, 0.25) is 0 Å². The van der Waals surface area contributed by atoms with Crippen LogP contribution in [0.1, 0.15) is 6.92 Å². The normalized spacial score (nSPS) is 9.86. The van der Waals surface area contributed by atoms with Gasteiger partial charge in [0, 0.05) is 6.08 Å². The molecule has 0 aliphatic heterocycles. The van der Waals surface area contributed by atoms with Crippen molar-refractivity contribution in [3.8, 4) is 0 Å². The first-order valence-corrected chi connectivity index (χ1v) is 1.96. The Kier molecular flexibility index (Phi) is 3.02. The molecule has 7 heavy (non-hydrogen) atoms. The second kappa shape index (κ2) is 3.40. The Bertz CT molecular complexity index is 84.1. The Morgan fingerprint density at radius 3 is 2.43 bits per heavy atom. The summed E-state index contributed by atoms with van der Waals surface area (Å²) in [6.45, 7) is 1.76. The molecule has 0 bridgehead atoms. The van der Waals surface area contributed by atoms with Gasteiger partial charge in [-0.3, -0.25) is 0 Å². The van der Waals surface area contributed by atoms with Gasteiger partial charge in [0.05, 0.1) is 0 Å². The highest BCUT2D eigenvalue weighted by Gasteiger charge is 1.79. The van der Waals surface area contributed by atoms with E-state index in [9.17, 15) is 4.79 Å². The standard InChI is InChI=1S/C5H7O2/c1-2-3-4-5(6)7/h2-4H,1H3,(H,6,7)/b4-3+. The lowest BCUT2D eigenvalue weighted by Crippen LogP contribution is -1.84. The molecule has 0 fully saturated rings. The quantitative estimate of drug-likeness (QED) is 0.521. The van der Waals surface area contributed by atoms with E-state index in [2.05, 4.69) is 0 Å². The van der Waals surface area contributed by atoms with Crippen molar-refractivity contribution in [3.05, 3.63) is 18.6 Å². The van der Waals surface area contributed by atoms with Crippen molar-refractivity contribution in [2.45, 2.75) is 6.92 Å². The lowest BCUT2D eigenvalue weighted by molar-refractivity contribution is -0.131. The Morgan fingerprint density at radius 1 is 1.71 bits per heavy atom. The van der Waals surface area contributed by atoms with E-state index >= 15 is 0 Å². The molecule has 2 heteroatoms. The van der Waals surface area contributed by atoms with E-state index in [1.54, 1.807) is 13.3 Å². The van der Waals surface area contributed by atoms with Crippen LogP contribution in [0.4, 0.5) is 0 Å². The number of carboxylic acid groups (broad SMARTS) is 1. The molecule has 2 nitrogen and oxygen atoms in total. The maximum absolute atomic E-state index is 9.65. The molecule has 0 atom stereocenters. The molecule has 0 aromatic heterocycles. The third-order valence-corrected chi connectivity index (χ3v) is 0.431. The minimum Gasteiger partial charge on any atom is -0.478 e. The van der Waals surface area contributed by atoms with Crippen molar-refractivity contribution >= 4 is 5.97 Å². The second-order valence-corrected chi connectivity index (χ2v) is 1.03. The number of rotatable bonds is 2. The summed E-state index contributed by atoms with van der Waals surface area (Å²) in [5.41, 5.74) is 0. The Labute approximate surface area is 42.5 Å². The highest BCUT2D eigenvalue weighted by atomic mass is 16.4. The third-order valence-electron chi connectivity index (χ3n) is 0.431. The SMILES string of the molecule is C[CH]/C=C/C(=O)O. The lowest BCUT2D eigenvalue weighted by atomic mass is 10.4. The number of hydrogen-bond acceptors (Lipinski definition) is 1. The van der Waals surface area contributed by atoms with Crippen molar-refractivity contribution in [3.63, 3.8) is 0 Å². The summed E-state index contributed by atoms with van der Waals surface area (Å²) >= 11 is 0. The Hall–Kier alpha value is -0.790. The minimum absolute atomic E-state index is 0.905. The van der Waals surface area contributed by atoms with Crippen LogP contribution in [0.15, 0.2) is 12.2 Å². The Balaban J connectivity index is 3.26. The molecule has 0 saturated carbocycles. The zero-order chi connectivity index (χ0) is 5.70. The highest BCUT2D eigenvalue weighted by Crippen LogP contribution is 1.75. The zero-order valence-corrected chi connectivity index (χ0v) is 4.09. The van der Waals surface area contributed by atoms with E-state index in [0.29, 0.717) is 0 Å². The molecule has 0 aromatic rings. The van der Waals surface area contributed by atoms with E-state index in [-0.39, 0.29) is 0 Å². The predicted octanol–water partition coefficient (Wildman–Crippen LogP) is 0.851. The fourth-order valence-electron chi connectivity index (χ4n) is 0.179. The van der Waals surface area contributed by atoms with Crippen molar-refractivity contribution in [1.29, 1.82) is 0 Å². The van der Waals surface area contributed by atoms with Crippen molar-refractivity contribution in [2.75, 3.05) is 0 Å². The van der Waals surface area contributed by atoms with Crippen molar-refractivity contribution in [1.82, 2.24) is 0 Å². The first-order chi connectivity index (χ1) is 3.27. The van der Waals surface area contributed by atoms with Crippen LogP contribution in [0.5, 0.6) is 0 Å². The summed E-state index contributed by atoms with van der Waals surface area (Å²) in [5.74, 6) is -0.905. The van der Waals surface area contributed by atoms with Gasteiger partial charge in [-0.15, -0.1) is 0 Å². The van der Waals surface area contributed by atoms with Gasteiger partial charge in [-0.2, -0.15) is 0 Å². The smallest absolute Gasteiger partial charge is 0.327 e. The minimum atomic E-state index is -0.905. The molecule has 0 spiro atoms. The van der Waals surface area contributed by atoms with Gasteiger partial charge in [-0.25, -0.2) is 4.79 Å². The van der Waals surface area contributed by atoms with Crippen LogP contribution in [-0.4, -0.2) is 11.1 Å². The number of carboxylic acids is 1. The second-order valence-electron chi connectivity index (χ2n) is 1.03. The molecule has 0 aromatic carbocycles. The number of aliphatic carboxylic acids is 1. The lowest BCUT2D eigenvalue weighted by Gasteiger charge is -1.73. The van der Waals surface area contributed by atoms with E-state index in [0.717, 1.165) is 6.08 Å². The zero-order valence-electron chi connectivity index (χ0n) is 4.09. The molecular formula is C5H7O2. The fourth-order valence-corrected chi connectivity index (χ4v) is 0.179. The number of allylic oxidation sites excluding steroid dienone is 1. The van der Waals surface area contributed by atoms with Gasteiger partial charge >= 0.3 is 5.97 Å². The molecule has 39 valence electrons. The number of hydrogen-bond donors (Lipinski definition) is 1. The molecule has 0 amide bonds.